The van der Waals surface area contributed by atoms with Crippen LogP contribution < -0.4 is 5.32 Å². The quantitative estimate of drug-likeness (QED) is 0.315. The number of pyridine rings is 1. The number of hydrogen-bond donors (Lipinski definition) is 1. The minimum absolute atomic E-state index is 0.0784. The normalized spacial score (nSPS) is 11.6. The summed E-state index contributed by atoms with van der Waals surface area (Å²) in [7, 11) is 0. The molecule has 4 rings (SSSR count). The Morgan fingerprint density at radius 1 is 0.944 bits per heavy atom. The first-order valence-electron chi connectivity index (χ1n) is 11.0. The highest BCUT2D eigenvalue weighted by molar-refractivity contribution is 5.91. The predicted molar refractivity (Wildman–Crippen MR) is 123 cm³/mol. The van der Waals surface area contributed by atoms with Crippen molar-refractivity contribution >= 4 is 5.91 Å². The summed E-state index contributed by atoms with van der Waals surface area (Å²) in [5.41, 5.74) is 1.35. The predicted octanol–water partition coefficient (Wildman–Crippen LogP) is 5.36. The Morgan fingerprint density at radius 2 is 1.69 bits per heavy atom. The average Bonchev–Trinajstić information content (AvgIpc) is 3.33. The van der Waals surface area contributed by atoms with Crippen molar-refractivity contribution in [1.29, 1.82) is 0 Å². The molecule has 0 unspecified atom stereocenters. The third-order valence-corrected chi connectivity index (χ3v) is 5.30. The zero-order valence-electron chi connectivity index (χ0n) is 19.0. The molecule has 2 heterocycles. The first-order valence-corrected chi connectivity index (χ1v) is 11.0. The molecule has 0 bridgehead atoms. The van der Waals surface area contributed by atoms with Crippen LogP contribution in [0, 0.1) is 5.82 Å². The first-order chi connectivity index (χ1) is 17.3. The Hall–Kier alpha value is -4.05. The smallest absolute Gasteiger partial charge is 0.416 e. The maximum Gasteiger partial charge on any atom is 0.416 e. The molecule has 2 aromatic carbocycles. The van der Waals surface area contributed by atoms with Crippen molar-refractivity contribution in [3.63, 3.8) is 0 Å². The molecule has 36 heavy (non-hydrogen) atoms. The molecule has 0 aliphatic heterocycles. The van der Waals surface area contributed by atoms with Gasteiger partial charge in [0.15, 0.2) is 5.69 Å². The molecule has 0 aliphatic rings. The minimum Gasteiger partial charge on any atom is -0.447 e. The number of amides is 1. The van der Waals surface area contributed by atoms with Gasteiger partial charge in [-0.25, -0.2) is 9.37 Å². The van der Waals surface area contributed by atoms with Crippen LogP contribution in [0.2, 0.25) is 0 Å². The molecule has 0 spiro atoms. The van der Waals surface area contributed by atoms with Crippen LogP contribution in [0.3, 0.4) is 0 Å². The lowest BCUT2D eigenvalue weighted by molar-refractivity contribution is -0.137. The van der Waals surface area contributed by atoms with E-state index >= 15 is 0 Å². The van der Waals surface area contributed by atoms with Gasteiger partial charge in [-0.05, 0) is 41.0 Å². The van der Waals surface area contributed by atoms with E-state index in [1.807, 2.05) is 6.07 Å². The Bertz CT molecular complexity index is 1290. The van der Waals surface area contributed by atoms with E-state index in [1.54, 1.807) is 41.6 Å². The Labute approximate surface area is 204 Å². The average molecular weight is 498 g/mol. The summed E-state index contributed by atoms with van der Waals surface area (Å²) in [6.45, 7) is 0.818. The van der Waals surface area contributed by atoms with Gasteiger partial charge >= 0.3 is 6.18 Å². The maximum atomic E-state index is 13.3. The van der Waals surface area contributed by atoms with Gasteiger partial charge in [0.1, 0.15) is 12.1 Å². The molecular weight excluding hydrogens is 476 g/mol. The monoisotopic (exact) mass is 498 g/mol. The number of alkyl halides is 3. The minimum atomic E-state index is -4.46. The molecular formula is C26H22F4N4O2. The van der Waals surface area contributed by atoms with Crippen LogP contribution in [-0.2, 0) is 32.4 Å². The summed E-state index contributed by atoms with van der Waals surface area (Å²) in [6.07, 6.45) is 0.0363. The second-order valence-electron chi connectivity index (χ2n) is 8.14. The summed E-state index contributed by atoms with van der Waals surface area (Å²) in [5.74, 6) is -0.606. The van der Waals surface area contributed by atoms with Crippen molar-refractivity contribution in [2.24, 2.45) is 0 Å². The van der Waals surface area contributed by atoms with Gasteiger partial charge in [0, 0.05) is 32.0 Å². The number of carbonyl (C=O) groups excluding carboxylic acids is 1. The van der Waals surface area contributed by atoms with Crippen molar-refractivity contribution in [2.75, 3.05) is 0 Å². The fraction of sp³-hybridized carbons (Fsp3) is 0.192. The lowest BCUT2D eigenvalue weighted by Gasteiger charge is -2.21. The number of oxazole rings is 1. The van der Waals surface area contributed by atoms with Crippen LogP contribution in [0.15, 0.2) is 83.7 Å². The number of carbonyl (C=O) groups is 1. The highest BCUT2D eigenvalue weighted by Crippen LogP contribution is 2.30. The summed E-state index contributed by atoms with van der Waals surface area (Å²) >= 11 is 0. The van der Waals surface area contributed by atoms with Crippen LogP contribution in [0.5, 0.6) is 0 Å². The van der Waals surface area contributed by atoms with E-state index in [4.69, 9.17) is 4.42 Å². The van der Waals surface area contributed by atoms with Crippen LogP contribution in [-0.4, -0.2) is 20.8 Å². The van der Waals surface area contributed by atoms with Gasteiger partial charge in [-0.3, -0.25) is 14.7 Å². The van der Waals surface area contributed by atoms with Gasteiger partial charge in [0.05, 0.1) is 12.1 Å². The number of rotatable bonds is 9. The molecule has 0 saturated heterocycles. The highest BCUT2D eigenvalue weighted by atomic mass is 19.4. The molecule has 0 saturated carbocycles. The van der Waals surface area contributed by atoms with Gasteiger partial charge in [-0.15, -0.1) is 0 Å². The van der Waals surface area contributed by atoms with Gasteiger partial charge < -0.3 is 9.73 Å². The molecule has 1 N–H and O–H groups in total. The lowest BCUT2D eigenvalue weighted by Crippen LogP contribution is -2.24. The van der Waals surface area contributed by atoms with Crippen LogP contribution >= 0.6 is 0 Å². The Morgan fingerprint density at radius 3 is 2.42 bits per heavy atom. The van der Waals surface area contributed by atoms with Crippen molar-refractivity contribution < 1.29 is 26.8 Å². The molecule has 4 aromatic rings. The number of hydrogen-bond acceptors (Lipinski definition) is 5. The zero-order chi connectivity index (χ0) is 25.5. The number of benzene rings is 2. The van der Waals surface area contributed by atoms with Gasteiger partial charge in [-0.1, -0.05) is 36.4 Å². The number of nitrogens with zero attached hydrogens (tertiary/aromatic N) is 3. The van der Waals surface area contributed by atoms with Crippen molar-refractivity contribution in [3.05, 3.63) is 119 Å². The lowest BCUT2D eigenvalue weighted by atomic mass is 10.1. The van der Waals surface area contributed by atoms with E-state index in [1.165, 1.54) is 24.5 Å². The molecule has 0 atom stereocenters. The third-order valence-electron chi connectivity index (χ3n) is 5.30. The van der Waals surface area contributed by atoms with Crippen molar-refractivity contribution in [1.82, 2.24) is 20.2 Å². The molecule has 0 fully saturated rings. The van der Waals surface area contributed by atoms with Crippen molar-refractivity contribution in [2.45, 2.75) is 32.4 Å². The summed E-state index contributed by atoms with van der Waals surface area (Å²) in [5, 5.41) is 2.73. The van der Waals surface area contributed by atoms with Crippen molar-refractivity contribution in [3.8, 4) is 0 Å². The first kappa shape index (κ1) is 25.1. The van der Waals surface area contributed by atoms with Crippen LogP contribution in [0.25, 0.3) is 0 Å². The van der Waals surface area contributed by atoms with Gasteiger partial charge in [0.25, 0.3) is 5.91 Å². The molecule has 186 valence electrons. The zero-order valence-corrected chi connectivity index (χ0v) is 19.0. The molecule has 10 heteroatoms. The largest absolute Gasteiger partial charge is 0.447 e. The Balaban J connectivity index is 1.47. The van der Waals surface area contributed by atoms with E-state index in [0.717, 1.165) is 23.3 Å². The van der Waals surface area contributed by atoms with E-state index in [0.29, 0.717) is 12.1 Å². The number of nitrogens with one attached hydrogen (secondary N) is 1. The Kier molecular flexibility index (Phi) is 7.74. The molecule has 2 aromatic heterocycles. The standard InChI is InChI=1S/C26H22F4N4O2/c27-22-8-6-18(7-9-22)14-34(15-19-3-1-5-21(11-19)26(28,29)30)16-24-33-23(17-36-24)25(35)32-13-20-4-2-10-31-12-20/h1-12,17H,13-16H2,(H,32,35). The number of halogens is 4. The van der Waals surface area contributed by atoms with E-state index in [9.17, 15) is 22.4 Å². The summed E-state index contributed by atoms with van der Waals surface area (Å²) < 4.78 is 58.3. The molecule has 0 radical (unpaired) electrons. The fourth-order valence-corrected chi connectivity index (χ4v) is 3.57. The van der Waals surface area contributed by atoms with Gasteiger partial charge in [0.2, 0.25) is 5.89 Å². The van der Waals surface area contributed by atoms with Gasteiger partial charge in [-0.2, -0.15) is 13.2 Å². The van der Waals surface area contributed by atoms with Crippen LogP contribution in [0.1, 0.15) is 38.6 Å². The molecule has 0 aliphatic carbocycles. The second kappa shape index (κ2) is 11.1. The SMILES string of the molecule is O=C(NCc1cccnc1)c1coc(CN(Cc2ccc(F)cc2)Cc2cccc(C(F)(F)F)c2)n1. The topological polar surface area (TPSA) is 71.3 Å². The van der Waals surface area contributed by atoms with Crippen LogP contribution in [0.4, 0.5) is 17.6 Å². The van der Waals surface area contributed by atoms with E-state index < -0.39 is 23.5 Å². The second-order valence-corrected chi connectivity index (χ2v) is 8.14. The molecule has 6 nitrogen and oxygen atoms in total. The number of aromatic nitrogens is 2. The van der Waals surface area contributed by atoms with E-state index in [2.05, 4.69) is 15.3 Å². The third kappa shape index (κ3) is 6.98. The highest BCUT2D eigenvalue weighted by Gasteiger charge is 2.30. The maximum absolute atomic E-state index is 13.3. The molecule has 1 amide bonds. The summed E-state index contributed by atoms with van der Waals surface area (Å²) in [4.78, 5) is 22.5. The fourth-order valence-electron chi connectivity index (χ4n) is 3.57. The van der Waals surface area contributed by atoms with E-state index in [-0.39, 0.29) is 31.2 Å². The summed E-state index contributed by atoms with van der Waals surface area (Å²) in [6, 6.07) is 14.5.